The number of hydrogen-bond acceptors (Lipinski definition) is 4. The molecule has 3 aromatic rings. The molecule has 3 rings (SSSR count). The van der Waals surface area contributed by atoms with Crippen molar-refractivity contribution in [3.8, 4) is 5.75 Å². The molecular weight excluding hydrogens is 358 g/mol. The fourth-order valence-electron chi connectivity index (χ4n) is 2.78. The zero-order valence-corrected chi connectivity index (χ0v) is 17.0. The lowest BCUT2D eigenvalue weighted by atomic mass is 10.1. The largest absolute Gasteiger partial charge is 0.489 e. The SMILES string of the molecule is CCn1ncc(CNC(=O)c2cc(COc3ccc(C)c(C)c3)cs2)c1C. The third-order valence-corrected chi connectivity index (χ3v) is 5.68. The quantitative estimate of drug-likeness (QED) is 0.658. The number of carbonyl (C=O) groups excluding carboxylic acids is 1. The van der Waals surface area contributed by atoms with Crippen LogP contribution < -0.4 is 10.1 Å². The Morgan fingerprint density at radius 3 is 2.74 bits per heavy atom. The van der Waals surface area contributed by atoms with E-state index >= 15 is 0 Å². The van der Waals surface area contributed by atoms with E-state index in [1.165, 1.54) is 22.5 Å². The minimum absolute atomic E-state index is 0.0684. The minimum atomic E-state index is -0.0684. The minimum Gasteiger partial charge on any atom is -0.489 e. The molecule has 0 saturated carbocycles. The van der Waals surface area contributed by atoms with Crippen molar-refractivity contribution in [2.24, 2.45) is 0 Å². The number of aryl methyl sites for hydroxylation is 3. The molecule has 0 saturated heterocycles. The molecule has 2 heterocycles. The summed E-state index contributed by atoms with van der Waals surface area (Å²) in [5.41, 5.74) is 5.58. The highest BCUT2D eigenvalue weighted by Gasteiger charge is 2.11. The summed E-state index contributed by atoms with van der Waals surface area (Å²) in [4.78, 5) is 13.1. The molecule has 1 aromatic carbocycles. The van der Waals surface area contributed by atoms with E-state index in [-0.39, 0.29) is 5.91 Å². The first-order valence-electron chi connectivity index (χ1n) is 9.05. The van der Waals surface area contributed by atoms with Crippen LogP contribution in [0.5, 0.6) is 5.75 Å². The monoisotopic (exact) mass is 383 g/mol. The molecule has 27 heavy (non-hydrogen) atoms. The van der Waals surface area contributed by atoms with Gasteiger partial charge in [0.15, 0.2) is 0 Å². The molecule has 1 amide bonds. The fourth-order valence-corrected chi connectivity index (χ4v) is 3.59. The van der Waals surface area contributed by atoms with Crippen molar-refractivity contribution in [3.63, 3.8) is 0 Å². The average Bonchev–Trinajstić information content (AvgIpc) is 3.27. The van der Waals surface area contributed by atoms with E-state index in [2.05, 4.69) is 37.3 Å². The Labute approximate surface area is 164 Å². The number of aromatic nitrogens is 2. The number of ether oxygens (including phenoxy) is 1. The Kier molecular flexibility index (Phi) is 5.96. The van der Waals surface area contributed by atoms with E-state index in [1.54, 1.807) is 0 Å². The van der Waals surface area contributed by atoms with Gasteiger partial charge >= 0.3 is 0 Å². The number of amides is 1. The van der Waals surface area contributed by atoms with Gasteiger partial charge in [0, 0.05) is 29.9 Å². The van der Waals surface area contributed by atoms with Gasteiger partial charge in [-0.25, -0.2) is 0 Å². The second-order valence-corrected chi connectivity index (χ2v) is 7.52. The molecular formula is C21H25N3O2S. The topological polar surface area (TPSA) is 56.2 Å². The third kappa shape index (κ3) is 4.57. The predicted octanol–water partition coefficient (Wildman–Crippen LogP) is 4.40. The van der Waals surface area contributed by atoms with E-state index in [0.29, 0.717) is 18.0 Å². The van der Waals surface area contributed by atoms with E-state index < -0.39 is 0 Å². The van der Waals surface area contributed by atoms with Crippen LogP contribution in [-0.4, -0.2) is 15.7 Å². The number of hydrogen-bond donors (Lipinski definition) is 1. The summed E-state index contributed by atoms with van der Waals surface area (Å²) in [6, 6.07) is 7.96. The second kappa shape index (κ2) is 8.39. The normalized spacial score (nSPS) is 10.8. The van der Waals surface area contributed by atoms with Crippen LogP contribution in [0.4, 0.5) is 0 Å². The maximum atomic E-state index is 12.4. The maximum Gasteiger partial charge on any atom is 0.261 e. The number of benzene rings is 1. The summed E-state index contributed by atoms with van der Waals surface area (Å²) in [7, 11) is 0. The molecule has 1 N–H and O–H groups in total. The van der Waals surface area contributed by atoms with Gasteiger partial charge in [-0.05, 0) is 62.4 Å². The first kappa shape index (κ1) is 19.2. The summed E-state index contributed by atoms with van der Waals surface area (Å²) in [5, 5.41) is 9.25. The molecule has 0 bridgehead atoms. The van der Waals surface area contributed by atoms with Crippen LogP contribution in [0.25, 0.3) is 0 Å². The molecule has 0 unspecified atom stereocenters. The molecule has 0 spiro atoms. The number of rotatable bonds is 7. The van der Waals surface area contributed by atoms with Crippen LogP contribution >= 0.6 is 11.3 Å². The van der Waals surface area contributed by atoms with Gasteiger partial charge in [-0.1, -0.05) is 6.07 Å². The van der Waals surface area contributed by atoms with Gasteiger partial charge < -0.3 is 10.1 Å². The van der Waals surface area contributed by atoms with Gasteiger partial charge in [0.05, 0.1) is 11.1 Å². The van der Waals surface area contributed by atoms with Gasteiger partial charge in [-0.2, -0.15) is 5.10 Å². The van der Waals surface area contributed by atoms with Crippen LogP contribution in [0, 0.1) is 20.8 Å². The van der Waals surface area contributed by atoms with Gasteiger partial charge in [0.25, 0.3) is 5.91 Å². The summed E-state index contributed by atoms with van der Waals surface area (Å²) in [6.07, 6.45) is 1.82. The first-order chi connectivity index (χ1) is 13.0. The van der Waals surface area contributed by atoms with Gasteiger partial charge in [0.1, 0.15) is 12.4 Å². The van der Waals surface area contributed by atoms with E-state index in [1.807, 2.05) is 41.4 Å². The lowest BCUT2D eigenvalue weighted by Gasteiger charge is -2.07. The lowest BCUT2D eigenvalue weighted by molar-refractivity contribution is 0.0955. The average molecular weight is 384 g/mol. The number of nitrogens with zero attached hydrogens (tertiary/aromatic N) is 2. The van der Waals surface area contributed by atoms with Crippen LogP contribution in [0.2, 0.25) is 0 Å². The highest BCUT2D eigenvalue weighted by molar-refractivity contribution is 7.12. The summed E-state index contributed by atoms with van der Waals surface area (Å²) >= 11 is 1.43. The van der Waals surface area contributed by atoms with Crippen LogP contribution in [0.15, 0.2) is 35.8 Å². The molecule has 0 atom stereocenters. The van der Waals surface area contributed by atoms with Crippen molar-refractivity contribution in [3.05, 3.63) is 68.7 Å². The highest BCUT2D eigenvalue weighted by Crippen LogP contribution is 2.20. The van der Waals surface area contributed by atoms with Gasteiger partial charge in [0.2, 0.25) is 0 Å². The van der Waals surface area contributed by atoms with Crippen molar-refractivity contribution in [1.29, 1.82) is 0 Å². The summed E-state index contributed by atoms with van der Waals surface area (Å²) in [6.45, 7) is 9.99. The molecule has 0 aliphatic rings. The van der Waals surface area contributed by atoms with E-state index in [4.69, 9.17) is 4.74 Å². The smallest absolute Gasteiger partial charge is 0.261 e. The lowest BCUT2D eigenvalue weighted by Crippen LogP contribution is -2.22. The predicted molar refractivity (Wildman–Crippen MR) is 108 cm³/mol. The fraction of sp³-hybridized carbons (Fsp3) is 0.333. The molecule has 2 aromatic heterocycles. The van der Waals surface area contributed by atoms with Crippen molar-refractivity contribution in [1.82, 2.24) is 15.1 Å². The third-order valence-electron chi connectivity index (χ3n) is 4.71. The highest BCUT2D eigenvalue weighted by atomic mass is 32.1. The van der Waals surface area contributed by atoms with Crippen LogP contribution in [0.3, 0.4) is 0 Å². The van der Waals surface area contributed by atoms with E-state index in [9.17, 15) is 4.79 Å². The molecule has 6 heteroatoms. The molecule has 142 valence electrons. The molecule has 0 aliphatic carbocycles. The van der Waals surface area contributed by atoms with E-state index in [0.717, 1.165) is 29.1 Å². The van der Waals surface area contributed by atoms with Gasteiger partial charge in [-0.3, -0.25) is 9.48 Å². The molecule has 5 nitrogen and oxygen atoms in total. The van der Waals surface area contributed by atoms with Crippen molar-refractivity contribution < 1.29 is 9.53 Å². The molecule has 0 fully saturated rings. The summed E-state index contributed by atoms with van der Waals surface area (Å²) in [5.74, 6) is 0.778. The van der Waals surface area contributed by atoms with Crippen molar-refractivity contribution in [2.45, 2.75) is 47.4 Å². The Hall–Kier alpha value is -2.60. The van der Waals surface area contributed by atoms with Crippen molar-refractivity contribution >= 4 is 17.2 Å². The Balaban J connectivity index is 1.55. The van der Waals surface area contributed by atoms with Crippen LogP contribution in [-0.2, 0) is 19.7 Å². The zero-order valence-electron chi connectivity index (χ0n) is 16.2. The standard InChI is InChI=1S/C21H25N3O2S/c1-5-24-16(4)18(11-23-24)10-22-21(25)20-9-17(13-27-20)12-26-19-7-6-14(2)15(3)8-19/h6-9,11,13H,5,10,12H2,1-4H3,(H,22,25). The number of nitrogens with one attached hydrogen (secondary N) is 1. The zero-order chi connectivity index (χ0) is 19.4. The Morgan fingerprint density at radius 1 is 1.22 bits per heavy atom. The van der Waals surface area contributed by atoms with Crippen molar-refractivity contribution in [2.75, 3.05) is 0 Å². The first-order valence-corrected chi connectivity index (χ1v) is 9.92. The molecule has 0 aliphatic heterocycles. The number of carbonyl (C=O) groups is 1. The second-order valence-electron chi connectivity index (χ2n) is 6.61. The molecule has 0 radical (unpaired) electrons. The van der Waals surface area contributed by atoms with Crippen LogP contribution in [0.1, 0.15) is 44.5 Å². The summed E-state index contributed by atoms with van der Waals surface area (Å²) < 4.78 is 7.77. The maximum absolute atomic E-state index is 12.4. The Bertz CT molecular complexity index is 943. The number of thiophene rings is 1. The Morgan fingerprint density at radius 2 is 2.04 bits per heavy atom. The van der Waals surface area contributed by atoms with Gasteiger partial charge in [-0.15, -0.1) is 11.3 Å².